The minimum Gasteiger partial charge on any atom is -0.312 e. The van der Waals surface area contributed by atoms with Crippen LogP contribution >= 0.6 is 27.3 Å². The molecule has 1 aromatic rings. The fourth-order valence-electron chi connectivity index (χ4n) is 0.887. The lowest BCUT2D eigenvalue weighted by Crippen LogP contribution is -2.19. The summed E-state index contributed by atoms with van der Waals surface area (Å²) in [6.45, 7) is 1.68. The Morgan fingerprint density at radius 1 is 1.69 bits per heavy atom. The Morgan fingerprint density at radius 2 is 2.46 bits per heavy atom. The summed E-state index contributed by atoms with van der Waals surface area (Å²) in [4.78, 5) is 0. The van der Waals surface area contributed by atoms with Gasteiger partial charge in [-0.3, -0.25) is 4.21 Å². The number of halogens is 1. The van der Waals surface area contributed by atoms with Crippen molar-refractivity contribution in [2.75, 3.05) is 18.6 Å². The van der Waals surface area contributed by atoms with E-state index in [1.807, 2.05) is 0 Å². The summed E-state index contributed by atoms with van der Waals surface area (Å²) in [7, 11) is -0.687. The van der Waals surface area contributed by atoms with E-state index in [1.54, 1.807) is 17.6 Å². The van der Waals surface area contributed by atoms with Crippen molar-refractivity contribution in [1.29, 1.82) is 0 Å². The molecule has 1 unspecified atom stereocenters. The van der Waals surface area contributed by atoms with E-state index in [9.17, 15) is 4.21 Å². The van der Waals surface area contributed by atoms with Gasteiger partial charge in [-0.1, -0.05) is 0 Å². The predicted octanol–water partition coefficient (Wildman–Crippen LogP) is 1.98. The van der Waals surface area contributed by atoms with Gasteiger partial charge in [-0.25, -0.2) is 0 Å². The Bertz CT molecular complexity index is 287. The molecule has 0 aromatic carbocycles. The Morgan fingerprint density at radius 3 is 3.00 bits per heavy atom. The largest absolute Gasteiger partial charge is 0.312 e. The maximum absolute atomic E-state index is 10.7. The summed E-state index contributed by atoms with van der Waals surface area (Å²) < 4.78 is 11.9. The average Bonchev–Trinajstić information content (AvgIpc) is 2.45. The second-order valence-corrected chi connectivity index (χ2v) is 6.56. The van der Waals surface area contributed by atoms with Crippen molar-refractivity contribution in [2.24, 2.45) is 0 Å². The second-order valence-electron chi connectivity index (χ2n) is 2.71. The Hall–Kier alpha value is 0.290. The molecule has 0 saturated carbocycles. The van der Waals surface area contributed by atoms with Crippen molar-refractivity contribution < 1.29 is 4.21 Å². The zero-order chi connectivity index (χ0) is 9.68. The van der Waals surface area contributed by atoms with Gasteiger partial charge in [0.15, 0.2) is 0 Å². The molecule has 2 nitrogen and oxygen atoms in total. The normalized spacial score (nSPS) is 13.1. The molecule has 0 bridgehead atoms. The number of thiophene rings is 1. The number of rotatable bonds is 5. The van der Waals surface area contributed by atoms with Crippen molar-refractivity contribution in [1.82, 2.24) is 5.32 Å². The van der Waals surface area contributed by atoms with Crippen LogP contribution in [0.15, 0.2) is 15.2 Å². The third-order valence-electron chi connectivity index (χ3n) is 1.52. The minimum absolute atomic E-state index is 0.687. The molecular weight excluding hydrogens is 270 g/mol. The average molecular weight is 282 g/mol. The first-order valence-electron chi connectivity index (χ1n) is 3.92. The molecule has 0 fully saturated rings. The summed E-state index contributed by atoms with van der Waals surface area (Å²) in [5, 5.41) is 5.35. The third-order valence-corrected chi connectivity index (χ3v) is 3.85. The van der Waals surface area contributed by atoms with E-state index in [4.69, 9.17) is 0 Å². The zero-order valence-corrected chi connectivity index (χ0v) is 10.6. The lowest BCUT2D eigenvalue weighted by atomic mass is 10.3. The van der Waals surface area contributed by atoms with Crippen LogP contribution in [0.1, 0.15) is 5.56 Å². The van der Waals surface area contributed by atoms with E-state index >= 15 is 0 Å². The Balaban J connectivity index is 2.16. The molecule has 1 heterocycles. The molecule has 0 spiro atoms. The molecule has 1 rings (SSSR count). The van der Waals surface area contributed by atoms with Crippen molar-refractivity contribution in [2.45, 2.75) is 6.54 Å². The van der Waals surface area contributed by atoms with Crippen LogP contribution in [0.3, 0.4) is 0 Å². The molecule has 0 aliphatic rings. The van der Waals surface area contributed by atoms with Gasteiger partial charge < -0.3 is 5.32 Å². The number of hydrogen-bond donors (Lipinski definition) is 1. The van der Waals surface area contributed by atoms with E-state index in [0.717, 1.165) is 22.6 Å². The van der Waals surface area contributed by atoms with Crippen LogP contribution in [0.5, 0.6) is 0 Å². The molecule has 0 aliphatic heterocycles. The predicted molar refractivity (Wildman–Crippen MR) is 62.7 cm³/mol. The molecular formula is C8H12BrNOS2. The molecule has 5 heteroatoms. The fourth-order valence-corrected chi connectivity index (χ4v) is 2.53. The van der Waals surface area contributed by atoms with Crippen molar-refractivity contribution >= 4 is 38.1 Å². The monoisotopic (exact) mass is 281 g/mol. The Kier molecular flexibility index (Phi) is 5.16. The molecule has 1 atom stereocenters. The van der Waals surface area contributed by atoms with E-state index < -0.39 is 10.8 Å². The lowest BCUT2D eigenvalue weighted by Gasteiger charge is -2.00. The molecule has 0 aliphatic carbocycles. The molecule has 0 saturated heterocycles. The molecule has 74 valence electrons. The highest BCUT2D eigenvalue weighted by Crippen LogP contribution is 2.20. The fraction of sp³-hybridized carbons (Fsp3) is 0.500. The van der Waals surface area contributed by atoms with Gasteiger partial charge in [0, 0.05) is 35.9 Å². The van der Waals surface area contributed by atoms with Gasteiger partial charge in [0.25, 0.3) is 0 Å². The lowest BCUT2D eigenvalue weighted by molar-refractivity contribution is 0.677. The molecule has 13 heavy (non-hydrogen) atoms. The molecule has 0 radical (unpaired) electrons. The minimum atomic E-state index is -0.687. The van der Waals surface area contributed by atoms with Crippen LogP contribution in [0, 0.1) is 0 Å². The third kappa shape index (κ3) is 4.90. The van der Waals surface area contributed by atoms with Crippen LogP contribution < -0.4 is 5.32 Å². The van der Waals surface area contributed by atoms with Crippen molar-refractivity contribution in [3.05, 3.63) is 20.8 Å². The highest BCUT2D eigenvalue weighted by Gasteiger charge is 1.96. The van der Waals surface area contributed by atoms with Gasteiger partial charge in [-0.2, -0.15) is 0 Å². The smallest absolute Gasteiger partial charge is 0.0701 e. The SMILES string of the molecule is CS(=O)CCNCc1csc(Br)c1. The summed E-state index contributed by atoms with van der Waals surface area (Å²) in [6, 6.07) is 2.10. The summed E-state index contributed by atoms with van der Waals surface area (Å²) in [5.41, 5.74) is 1.28. The molecule has 0 amide bonds. The summed E-state index contributed by atoms with van der Waals surface area (Å²) >= 11 is 5.09. The summed E-state index contributed by atoms with van der Waals surface area (Å²) in [6.07, 6.45) is 1.73. The Labute approximate surface area is 93.3 Å². The molecule has 1 N–H and O–H groups in total. The maximum atomic E-state index is 10.7. The van der Waals surface area contributed by atoms with Crippen LogP contribution in [0.25, 0.3) is 0 Å². The van der Waals surface area contributed by atoms with Crippen LogP contribution in [0.2, 0.25) is 0 Å². The number of hydrogen-bond acceptors (Lipinski definition) is 3. The van der Waals surface area contributed by atoms with Crippen LogP contribution in [0.4, 0.5) is 0 Å². The first kappa shape index (κ1) is 11.4. The first-order valence-corrected chi connectivity index (χ1v) is 7.32. The van der Waals surface area contributed by atoms with E-state index in [-0.39, 0.29) is 0 Å². The molecule has 1 aromatic heterocycles. The second kappa shape index (κ2) is 5.90. The topological polar surface area (TPSA) is 29.1 Å². The standard InChI is InChI=1S/C8H12BrNOS2/c1-13(11)3-2-10-5-7-4-8(9)12-6-7/h4,6,10H,2-3,5H2,1H3. The summed E-state index contributed by atoms with van der Waals surface area (Å²) in [5.74, 6) is 0.727. The van der Waals surface area contributed by atoms with E-state index in [1.165, 1.54) is 5.56 Å². The first-order chi connectivity index (χ1) is 6.18. The van der Waals surface area contributed by atoms with Gasteiger partial charge >= 0.3 is 0 Å². The quantitative estimate of drug-likeness (QED) is 0.837. The van der Waals surface area contributed by atoms with Crippen molar-refractivity contribution in [3.63, 3.8) is 0 Å². The van der Waals surface area contributed by atoms with Gasteiger partial charge in [-0.05, 0) is 32.9 Å². The van der Waals surface area contributed by atoms with Gasteiger partial charge in [0.2, 0.25) is 0 Å². The number of nitrogens with one attached hydrogen (secondary N) is 1. The van der Waals surface area contributed by atoms with Crippen LogP contribution in [-0.2, 0) is 17.3 Å². The van der Waals surface area contributed by atoms with Crippen LogP contribution in [-0.4, -0.2) is 22.8 Å². The van der Waals surface area contributed by atoms with E-state index in [2.05, 4.69) is 32.7 Å². The maximum Gasteiger partial charge on any atom is 0.0701 e. The van der Waals surface area contributed by atoms with Gasteiger partial charge in [0.05, 0.1) is 3.79 Å². The van der Waals surface area contributed by atoms with E-state index in [0.29, 0.717) is 0 Å². The van der Waals surface area contributed by atoms with Gasteiger partial charge in [-0.15, -0.1) is 11.3 Å². The highest BCUT2D eigenvalue weighted by atomic mass is 79.9. The zero-order valence-electron chi connectivity index (χ0n) is 7.38. The van der Waals surface area contributed by atoms with Gasteiger partial charge in [0.1, 0.15) is 0 Å². The highest BCUT2D eigenvalue weighted by molar-refractivity contribution is 9.11. The van der Waals surface area contributed by atoms with Crippen molar-refractivity contribution in [3.8, 4) is 0 Å².